The average Bonchev–Trinajstić information content (AvgIpc) is 2.47. The number of hydrogen-bond acceptors (Lipinski definition) is 2. The number of benzene rings is 1. The summed E-state index contributed by atoms with van der Waals surface area (Å²) in [6.45, 7) is 2.00. The van der Waals surface area contributed by atoms with Crippen LogP contribution in [-0.2, 0) is 7.05 Å². The number of hydrogen-bond donors (Lipinski definition) is 0. The molecule has 72 valence electrons. The van der Waals surface area contributed by atoms with Crippen molar-refractivity contribution in [1.82, 2.24) is 9.90 Å². The Hall–Kier alpha value is -1.84. The molecule has 0 atom stereocenters. The van der Waals surface area contributed by atoms with Crippen molar-refractivity contribution in [3.05, 3.63) is 36.0 Å². The predicted molar refractivity (Wildman–Crippen MR) is 48.9 cm³/mol. The van der Waals surface area contributed by atoms with Gasteiger partial charge in [-0.05, 0) is 19.1 Å². The first-order chi connectivity index (χ1) is 6.66. The van der Waals surface area contributed by atoms with Crippen LogP contribution in [0.4, 0.5) is 0 Å². The molecule has 0 bridgehead atoms. The van der Waals surface area contributed by atoms with E-state index in [4.69, 9.17) is 0 Å². The predicted octanol–water partition coefficient (Wildman–Crippen LogP) is 0.0788. The minimum Gasteiger partial charge on any atom is -0.838 e. The van der Waals surface area contributed by atoms with E-state index in [1.54, 1.807) is 7.05 Å². The molecular weight excluding hydrogens is 178 g/mol. The highest BCUT2D eigenvalue weighted by Crippen LogP contribution is 2.11. The number of nitrogens with zero attached hydrogens (tertiary/aromatic N) is 3. The van der Waals surface area contributed by atoms with Crippen LogP contribution >= 0.6 is 0 Å². The molecule has 0 amide bonds. The SMILES string of the molecule is Cc1ccc(-n2n[n+](C)cc2[O-])cc1. The van der Waals surface area contributed by atoms with Crippen molar-refractivity contribution < 1.29 is 9.79 Å². The molecule has 0 spiro atoms. The maximum Gasteiger partial charge on any atom is 0.155 e. The zero-order valence-corrected chi connectivity index (χ0v) is 8.14. The summed E-state index contributed by atoms with van der Waals surface area (Å²) < 4.78 is 2.88. The minimum absolute atomic E-state index is 0.114. The topological polar surface area (TPSA) is 44.8 Å². The van der Waals surface area contributed by atoms with Crippen LogP contribution in [0.5, 0.6) is 5.88 Å². The maximum absolute atomic E-state index is 11.4. The summed E-state index contributed by atoms with van der Waals surface area (Å²) in [5.41, 5.74) is 1.96. The first-order valence-corrected chi connectivity index (χ1v) is 4.37. The van der Waals surface area contributed by atoms with Crippen LogP contribution in [0.2, 0.25) is 0 Å². The summed E-state index contributed by atoms with van der Waals surface area (Å²) in [5, 5.41) is 15.4. The Labute approximate surface area is 82.0 Å². The van der Waals surface area contributed by atoms with Gasteiger partial charge in [0.25, 0.3) is 0 Å². The molecule has 0 fully saturated rings. The van der Waals surface area contributed by atoms with Gasteiger partial charge in [-0.15, -0.1) is 9.36 Å². The Kier molecular flexibility index (Phi) is 1.96. The molecule has 2 aromatic rings. The van der Waals surface area contributed by atoms with Crippen LogP contribution < -0.4 is 9.79 Å². The summed E-state index contributed by atoms with van der Waals surface area (Å²) in [7, 11) is 1.73. The zero-order valence-electron chi connectivity index (χ0n) is 8.14. The highest BCUT2D eigenvalue weighted by molar-refractivity contribution is 5.34. The van der Waals surface area contributed by atoms with Gasteiger partial charge in [0.2, 0.25) is 0 Å². The van der Waals surface area contributed by atoms with E-state index in [1.807, 2.05) is 31.2 Å². The standard InChI is InChI=1S/C10H11N3O/c1-8-3-5-9(6-4-8)13-10(14)7-12(2)11-13/h3-7H,1-2H3. The summed E-state index contributed by atoms with van der Waals surface area (Å²) in [6.07, 6.45) is 1.44. The van der Waals surface area contributed by atoms with Gasteiger partial charge in [-0.2, -0.15) is 0 Å². The molecule has 0 aliphatic heterocycles. The van der Waals surface area contributed by atoms with Gasteiger partial charge >= 0.3 is 0 Å². The van der Waals surface area contributed by atoms with E-state index in [2.05, 4.69) is 5.21 Å². The monoisotopic (exact) mass is 189 g/mol. The van der Waals surface area contributed by atoms with E-state index in [-0.39, 0.29) is 5.88 Å². The van der Waals surface area contributed by atoms with E-state index in [1.165, 1.54) is 15.6 Å². The smallest absolute Gasteiger partial charge is 0.155 e. The molecule has 0 aliphatic rings. The molecule has 0 N–H and O–H groups in total. The van der Waals surface area contributed by atoms with Crippen LogP contribution in [0.1, 0.15) is 5.56 Å². The van der Waals surface area contributed by atoms with E-state index in [0.29, 0.717) is 0 Å². The van der Waals surface area contributed by atoms with Gasteiger partial charge in [-0.3, -0.25) is 0 Å². The number of rotatable bonds is 1. The van der Waals surface area contributed by atoms with Crippen LogP contribution in [-0.4, -0.2) is 9.90 Å². The molecule has 1 heterocycles. The second kappa shape index (κ2) is 3.14. The molecule has 0 radical (unpaired) electrons. The molecule has 0 saturated heterocycles. The Morgan fingerprint density at radius 2 is 1.93 bits per heavy atom. The lowest BCUT2D eigenvalue weighted by atomic mass is 10.2. The molecule has 4 nitrogen and oxygen atoms in total. The molecule has 1 aromatic heterocycles. The van der Waals surface area contributed by atoms with Gasteiger partial charge in [0.1, 0.15) is 19.1 Å². The second-order valence-electron chi connectivity index (χ2n) is 3.28. The summed E-state index contributed by atoms with van der Waals surface area (Å²) >= 11 is 0. The molecule has 0 aliphatic carbocycles. The summed E-state index contributed by atoms with van der Waals surface area (Å²) in [5.74, 6) is -0.114. The molecule has 14 heavy (non-hydrogen) atoms. The minimum atomic E-state index is -0.114. The first kappa shape index (κ1) is 8.74. The second-order valence-corrected chi connectivity index (χ2v) is 3.28. The van der Waals surface area contributed by atoms with Crippen molar-refractivity contribution in [1.29, 1.82) is 0 Å². The zero-order chi connectivity index (χ0) is 10.1. The van der Waals surface area contributed by atoms with E-state index in [0.717, 1.165) is 11.3 Å². The van der Waals surface area contributed by atoms with Crippen LogP contribution in [0.15, 0.2) is 30.5 Å². The first-order valence-electron chi connectivity index (χ1n) is 4.37. The molecule has 1 aromatic carbocycles. The lowest BCUT2D eigenvalue weighted by Gasteiger charge is -2.00. The van der Waals surface area contributed by atoms with Crippen molar-refractivity contribution >= 4 is 0 Å². The third-order valence-corrected chi connectivity index (χ3v) is 2.02. The highest BCUT2D eigenvalue weighted by atomic mass is 16.3. The van der Waals surface area contributed by atoms with Gasteiger partial charge in [0.15, 0.2) is 5.69 Å². The molecule has 0 saturated carbocycles. The molecule has 2 rings (SSSR count). The van der Waals surface area contributed by atoms with Crippen molar-refractivity contribution in [2.75, 3.05) is 0 Å². The number of aryl methyl sites for hydroxylation is 2. The van der Waals surface area contributed by atoms with Crippen molar-refractivity contribution in [3.63, 3.8) is 0 Å². The van der Waals surface area contributed by atoms with E-state index >= 15 is 0 Å². The van der Waals surface area contributed by atoms with Crippen molar-refractivity contribution in [2.24, 2.45) is 7.05 Å². The third kappa shape index (κ3) is 1.46. The summed E-state index contributed by atoms with van der Waals surface area (Å²) in [6, 6.07) is 7.67. The lowest BCUT2D eigenvalue weighted by molar-refractivity contribution is -0.732. The van der Waals surface area contributed by atoms with E-state index in [9.17, 15) is 5.11 Å². The van der Waals surface area contributed by atoms with Gasteiger partial charge in [0.05, 0.1) is 5.21 Å². The lowest BCUT2D eigenvalue weighted by Crippen LogP contribution is -2.30. The Balaban J connectivity index is 2.49. The largest absolute Gasteiger partial charge is 0.838 e. The summed E-state index contributed by atoms with van der Waals surface area (Å²) in [4.78, 5) is 0. The fraction of sp³-hybridized carbons (Fsp3) is 0.200. The average molecular weight is 189 g/mol. The van der Waals surface area contributed by atoms with Crippen molar-refractivity contribution in [3.8, 4) is 11.6 Å². The van der Waals surface area contributed by atoms with Gasteiger partial charge in [-0.25, -0.2) is 0 Å². The molecule has 0 unspecified atom stereocenters. The highest BCUT2D eigenvalue weighted by Gasteiger charge is 2.07. The van der Waals surface area contributed by atoms with Crippen LogP contribution in [0.25, 0.3) is 5.69 Å². The third-order valence-electron chi connectivity index (χ3n) is 2.02. The number of aromatic nitrogens is 3. The quantitative estimate of drug-likeness (QED) is 0.596. The normalized spacial score (nSPS) is 10.4. The fourth-order valence-electron chi connectivity index (χ4n) is 1.29. The molecular formula is C10H11N3O. The van der Waals surface area contributed by atoms with Gasteiger partial charge in [0, 0.05) is 0 Å². The van der Waals surface area contributed by atoms with Gasteiger partial charge in [-0.1, -0.05) is 17.7 Å². The Bertz CT molecular complexity index is 445. The van der Waals surface area contributed by atoms with Crippen molar-refractivity contribution in [2.45, 2.75) is 6.92 Å². The van der Waals surface area contributed by atoms with Gasteiger partial charge < -0.3 is 5.11 Å². The molecule has 4 heteroatoms. The maximum atomic E-state index is 11.4. The van der Waals surface area contributed by atoms with Crippen LogP contribution in [0.3, 0.4) is 0 Å². The van der Waals surface area contributed by atoms with E-state index < -0.39 is 0 Å². The Morgan fingerprint density at radius 1 is 1.29 bits per heavy atom. The fourth-order valence-corrected chi connectivity index (χ4v) is 1.29. The Morgan fingerprint density at radius 3 is 2.43 bits per heavy atom. The van der Waals surface area contributed by atoms with Crippen LogP contribution in [0, 0.1) is 6.92 Å².